The van der Waals surface area contributed by atoms with Crippen LogP contribution < -0.4 is 5.32 Å². The summed E-state index contributed by atoms with van der Waals surface area (Å²) >= 11 is 1.49. The number of nitrogens with zero attached hydrogens (tertiary/aromatic N) is 1. The number of ether oxygens (including phenoxy) is 1. The normalized spacial score (nSPS) is 10.8. The molecule has 6 heteroatoms. The predicted octanol–water partition coefficient (Wildman–Crippen LogP) is 2.00. The highest BCUT2D eigenvalue weighted by Gasteiger charge is 2.04. The molecule has 1 aromatic heterocycles. The lowest BCUT2D eigenvalue weighted by atomic mass is 10.2. The number of hydrogen-bond acceptors (Lipinski definition) is 5. The van der Waals surface area contributed by atoms with Crippen LogP contribution in [0.1, 0.15) is 26.0 Å². The van der Waals surface area contributed by atoms with Crippen molar-refractivity contribution in [2.45, 2.75) is 32.8 Å². The summed E-state index contributed by atoms with van der Waals surface area (Å²) in [4.78, 5) is 14.7. The predicted molar refractivity (Wildman–Crippen MR) is 67.6 cm³/mol. The van der Waals surface area contributed by atoms with Crippen LogP contribution in [0.5, 0.6) is 0 Å². The van der Waals surface area contributed by atoms with Gasteiger partial charge in [-0.3, -0.25) is 4.79 Å². The number of hydrogen-bond donors (Lipinski definition) is 2. The van der Waals surface area contributed by atoms with E-state index in [4.69, 9.17) is 9.84 Å². The molecule has 5 nitrogen and oxygen atoms in total. The third kappa shape index (κ3) is 6.23. The quantitative estimate of drug-likeness (QED) is 0.698. The van der Waals surface area contributed by atoms with E-state index in [-0.39, 0.29) is 12.5 Å². The van der Waals surface area contributed by atoms with Crippen LogP contribution in [0.15, 0.2) is 5.38 Å². The van der Waals surface area contributed by atoms with E-state index in [1.807, 2.05) is 19.2 Å². The zero-order valence-electron chi connectivity index (χ0n) is 10.1. The first kappa shape index (κ1) is 13.9. The fraction of sp³-hybridized carbons (Fsp3) is 0.636. The summed E-state index contributed by atoms with van der Waals surface area (Å²) in [7, 11) is 0. The highest BCUT2D eigenvalue weighted by molar-refractivity contribution is 7.13. The molecule has 0 unspecified atom stereocenters. The first-order valence-corrected chi connectivity index (χ1v) is 6.47. The molecular formula is C11H18N2O3S. The van der Waals surface area contributed by atoms with Gasteiger partial charge in [0, 0.05) is 18.3 Å². The molecule has 0 saturated heterocycles. The molecule has 0 amide bonds. The summed E-state index contributed by atoms with van der Waals surface area (Å²) in [5, 5.41) is 14.4. The molecule has 0 aliphatic heterocycles. The van der Waals surface area contributed by atoms with Crippen molar-refractivity contribution < 1.29 is 14.6 Å². The van der Waals surface area contributed by atoms with E-state index in [0.717, 1.165) is 10.8 Å². The Balaban J connectivity index is 2.23. The number of thiazole rings is 1. The van der Waals surface area contributed by atoms with Gasteiger partial charge < -0.3 is 15.2 Å². The molecule has 0 aliphatic rings. The lowest BCUT2D eigenvalue weighted by Crippen LogP contribution is -2.13. The fourth-order valence-electron chi connectivity index (χ4n) is 1.19. The zero-order chi connectivity index (χ0) is 12.7. The molecule has 1 rings (SSSR count). The van der Waals surface area contributed by atoms with Crippen LogP contribution in [-0.4, -0.2) is 35.3 Å². The van der Waals surface area contributed by atoms with Gasteiger partial charge in [0.1, 0.15) is 0 Å². The van der Waals surface area contributed by atoms with Gasteiger partial charge in [0.25, 0.3) is 0 Å². The van der Waals surface area contributed by atoms with E-state index >= 15 is 0 Å². The minimum absolute atomic E-state index is 0.125. The molecule has 0 saturated carbocycles. The third-order valence-electron chi connectivity index (χ3n) is 1.98. The molecule has 1 aromatic rings. The van der Waals surface area contributed by atoms with E-state index in [0.29, 0.717) is 19.6 Å². The second-order valence-corrected chi connectivity index (χ2v) is 4.74. The molecule has 17 heavy (non-hydrogen) atoms. The smallest absolute Gasteiger partial charge is 0.303 e. The number of aryl methyl sites for hydroxylation is 1. The monoisotopic (exact) mass is 258 g/mol. The van der Waals surface area contributed by atoms with Gasteiger partial charge in [0.2, 0.25) is 0 Å². The molecule has 0 atom stereocenters. The first-order chi connectivity index (χ1) is 8.08. The molecule has 0 spiro atoms. The molecule has 0 bridgehead atoms. The molecule has 0 aromatic carbocycles. The van der Waals surface area contributed by atoms with E-state index in [2.05, 4.69) is 10.3 Å². The maximum Gasteiger partial charge on any atom is 0.303 e. The highest BCUT2D eigenvalue weighted by Crippen LogP contribution is 2.16. The molecular weight excluding hydrogens is 240 g/mol. The topological polar surface area (TPSA) is 71.5 Å². The lowest BCUT2D eigenvalue weighted by molar-refractivity contribution is -0.136. The molecule has 0 fully saturated rings. The summed E-state index contributed by atoms with van der Waals surface area (Å²) in [6.07, 6.45) is 0.842. The van der Waals surface area contributed by atoms with Crippen molar-refractivity contribution in [3.8, 4) is 0 Å². The minimum Gasteiger partial charge on any atom is -0.481 e. The zero-order valence-corrected chi connectivity index (χ0v) is 10.9. The van der Waals surface area contributed by atoms with Gasteiger partial charge in [0.05, 0.1) is 24.8 Å². The van der Waals surface area contributed by atoms with E-state index < -0.39 is 5.97 Å². The number of rotatable bonds is 8. The number of aromatic nitrogens is 1. The Morgan fingerprint density at radius 1 is 1.65 bits per heavy atom. The van der Waals surface area contributed by atoms with Crippen LogP contribution in [0, 0.1) is 0 Å². The van der Waals surface area contributed by atoms with Gasteiger partial charge in [-0.1, -0.05) is 0 Å². The Hall–Kier alpha value is -1.14. The van der Waals surface area contributed by atoms with Crippen molar-refractivity contribution in [3.05, 3.63) is 11.1 Å². The van der Waals surface area contributed by atoms with Gasteiger partial charge in [-0.25, -0.2) is 4.98 Å². The Labute approximate surface area is 105 Å². The number of carboxylic acid groups (broad SMARTS) is 1. The van der Waals surface area contributed by atoms with Crippen LogP contribution >= 0.6 is 11.3 Å². The Morgan fingerprint density at radius 2 is 2.41 bits per heavy atom. The van der Waals surface area contributed by atoms with Gasteiger partial charge >= 0.3 is 5.97 Å². The summed E-state index contributed by atoms with van der Waals surface area (Å²) in [5.74, 6) is -0.794. The lowest BCUT2D eigenvalue weighted by Gasteiger charge is -2.07. The average Bonchev–Trinajstić information content (AvgIpc) is 2.69. The summed E-state index contributed by atoms with van der Waals surface area (Å²) in [5.41, 5.74) is 0.824. The van der Waals surface area contributed by atoms with Crippen LogP contribution in [0.25, 0.3) is 0 Å². The molecule has 0 radical (unpaired) electrons. The second-order valence-electron chi connectivity index (χ2n) is 3.88. The molecule has 0 aliphatic carbocycles. The average molecular weight is 258 g/mol. The first-order valence-electron chi connectivity index (χ1n) is 5.59. The maximum absolute atomic E-state index is 10.4. The van der Waals surface area contributed by atoms with Crippen molar-refractivity contribution >= 4 is 22.4 Å². The maximum atomic E-state index is 10.4. The number of anilines is 1. The summed E-state index contributed by atoms with van der Waals surface area (Å²) < 4.78 is 5.39. The van der Waals surface area contributed by atoms with Crippen molar-refractivity contribution in [1.29, 1.82) is 0 Å². The van der Waals surface area contributed by atoms with Crippen molar-refractivity contribution in [2.75, 3.05) is 18.5 Å². The van der Waals surface area contributed by atoms with Crippen molar-refractivity contribution in [3.63, 3.8) is 0 Å². The van der Waals surface area contributed by atoms with Crippen molar-refractivity contribution in [2.24, 2.45) is 0 Å². The minimum atomic E-state index is -0.794. The largest absolute Gasteiger partial charge is 0.481 e. The van der Waals surface area contributed by atoms with Crippen LogP contribution in [0.4, 0.5) is 5.13 Å². The SMILES string of the molecule is CC(C)OCCNc1nc(CCC(=O)O)cs1. The third-order valence-corrected chi connectivity index (χ3v) is 2.83. The number of nitrogens with one attached hydrogen (secondary N) is 1. The van der Waals surface area contributed by atoms with E-state index in [1.54, 1.807) is 0 Å². The summed E-state index contributed by atoms with van der Waals surface area (Å²) in [6.45, 7) is 5.34. The number of aliphatic carboxylic acids is 1. The van der Waals surface area contributed by atoms with E-state index in [9.17, 15) is 4.79 Å². The van der Waals surface area contributed by atoms with E-state index in [1.165, 1.54) is 11.3 Å². The Morgan fingerprint density at radius 3 is 3.06 bits per heavy atom. The highest BCUT2D eigenvalue weighted by atomic mass is 32.1. The van der Waals surface area contributed by atoms with Gasteiger partial charge in [-0.2, -0.15) is 0 Å². The molecule has 96 valence electrons. The Bertz CT molecular complexity index is 352. The van der Waals surface area contributed by atoms with Gasteiger partial charge in [0.15, 0.2) is 5.13 Å². The Kier molecular flexibility index (Phi) is 5.93. The molecule has 1 heterocycles. The van der Waals surface area contributed by atoms with Gasteiger partial charge in [-0.05, 0) is 13.8 Å². The van der Waals surface area contributed by atoms with Crippen LogP contribution in [-0.2, 0) is 16.0 Å². The standard InChI is InChI=1S/C11H18N2O3S/c1-8(2)16-6-5-12-11-13-9(7-17-11)3-4-10(14)15/h7-8H,3-6H2,1-2H3,(H,12,13)(H,14,15). The number of carboxylic acids is 1. The second kappa shape index (κ2) is 7.24. The molecule has 2 N–H and O–H groups in total. The van der Waals surface area contributed by atoms with Crippen LogP contribution in [0.3, 0.4) is 0 Å². The number of carbonyl (C=O) groups is 1. The van der Waals surface area contributed by atoms with Gasteiger partial charge in [-0.15, -0.1) is 11.3 Å². The summed E-state index contributed by atoms with van der Waals surface area (Å²) in [6, 6.07) is 0. The van der Waals surface area contributed by atoms with Crippen molar-refractivity contribution in [1.82, 2.24) is 4.98 Å². The van der Waals surface area contributed by atoms with Crippen LogP contribution in [0.2, 0.25) is 0 Å². The fourth-order valence-corrected chi connectivity index (χ4v) is 1.96.